The first-order valence-electron chi connectivity index (χ1n) is 5.50. The van der Waals surface area contributed by atoms with Crippen molar-refractivity contribution in [3.05, 3.63) is 53.6 Å². The predicted molar refractivity (Wildman–Crippen MR) is 61.4 cm³/mol. The number of hydrogen-bond donors (Lipinski definition) is 0. The first kappa shape index (κ1) is 11.1. The molecule has 1 nitrogen and oxygen atoms in total. The monoisotopic (exact) mass is 250 g/mol. The molecule has 0 atom stereocenters. The molecule has 0 aromatic heterocycles. The lowest BCUT2D eigenvalue weighted by atomic mass is 10.1. The van der Waals surface area contributed by atoms with Gasteiger partial charge in [-0.25, -0.2) is 0 Å². The SMILES string of the molecule is FC(F)(F)Oc1ccc2c(c1)Cc1ccccc1-2. The Morgan fingerprint density at radius 1 is 0.889 bits per heavy atom. The summed E-state index contributed by atoms with van der Waals surface area (Å²) >= 11 is 0. The van der Waals surface area contributed by atoms with Crippen molar-refractivity contribution in [1.29, 1.82) is 0 Å². The van der Waals surface area contributed by atoms with E-state index in [2.05, 4.69) is 4.74 Å². The van der Waals surface area contributed by atoms with Crippen LogP contribution in [-0.2, 0) is 6.42 Å². The maximum atomic E-state index is 12.1. The number of ether oxygens (including phenoxy) is 1. The number of alkyl halides is 3. The molecule has 2 aromatic rings. The molecule has 1 aliphatic rings. The molecule has 4 heteroatoms. The predicted octanol–water partition coefficient (Wildman–Crippen LogP) is 4.16. The van der Waals surface area contributed by atoms with Crippen molar-refractivity contribution < 1.29 is 17.9 Å². The zero-order valence-corrected chi connectivity index (χ0v) is 9.29. The molecule has 18 heavy (non-hydrogen) atoms. The molecule has 92 valence electrons. The van der Waals surface area contributed by atoms with Crippen LogP contribution in [-0.4, -0.2) is 6.36 Å². The largest absolute Gasteiger partial charge is 0.573 e. The fourth-order valence-corrected chi connectivity index (χ4v) is 2.32. The van der Waals surface area contributed by atoms with E-state index >= 15 is 0 Å². The van der Waals surface area contributed by atoms with E-state index < -0.39 is 6.36 Å². The van der Waals surface area contributed by atoms with E-state index in [1.54, 1.807) is 6.07 Å². The van der Waals surface area contributed by atoms with Crippen LogP contribution in [0.5, 0.6) is 5.75 Å². The maximum Gasteiger partial charge on any atom is 0.573 e. The highest BCUT2D eigenvalue weighted by Gasteiger charge is 2.31. The first-order valence-corrected chi connectivity index (χ1v) is 5.50. The Bertz CT molecular complexity index is 602. The van der Waals surface area contributed by atoms with E-state index in [4.69, 9.17) is 0 Å². The van der Waals surface area contributed by atoms with Gasteiger partial charge in [-0.3, -0.25) is 0 Å². The number of hydrogen-bond acceptors (Lipinski definition) is 1. The van der Waals surface area contributed by atoms with E-state index in [0.717, 1.165) is 22.3 Å². The smallest absolute Gasteiger partial charge is 0.406 e. The molecule has 0 aliphatic heterocycles. The molecule has 1 aliphatic carbocycles. The summed E-state index contributed by atoms with van der Waals surface area (Å²) in [5.41, 5.74) is 4.08. The van der Waals surface area contributed by atoms with E-state index in [1.165, 1.54) is 12.1 Å². The molecule has 0 N–H and O–H groups in total. The third-order valence-electron chi connectivity index (χ3n) is 3.00. The van der Waals surface area contributed by atoms with Crippen molar-refractivity contribution in [3.63, 3.8) is 0 Å². The Morgan fingerprint density at radius 3 is 2.39 bits per heavy atom. The van der Waals surface area contributed by atoms with Crippen LogP contribution in [0.15, 0.2) is 42.5 Å². The minimum atomic E-state index is -4.64. The van der Waals surface area contributed by atoms with Gasteiger partial charge in [-0.05, 0) is 40.8 Å². The lowest BCUT2D eigenvalue weighted by molar-refractivity contribution is -0.274. The van der Waals surface area contributed by atoms with Crippen LogP contribution in [0.3, 0.4) is 0 Å². The average Bonchev–Trinajstić information content (AvgIpc) is 2.64. The molecule has 0 saturated carbocycles. The second-order valence-electron chi connectivity index (χ2n) is 4.20. The summed E-state index contributed by atoms with van der Waals surface area (Å²) in [5.74, 6) is -0.158. The van der Waals surface area contributed by atoms with Gasteiger partial charge in [-0.1, -0.05) is 30.3 Å². The summed E-state index contributed by atoms with van der Waals surface area (Å²) in [6, 6.07) is 12.3. The van der Waals surface area contributed by atoms with Gasteiger partial charge >= 0.3 is 6.36 Å². The molecule has 0 radical (unpaired) electrons. The zero-order chi connectivity index (χ0) is 12.8. The summed E-state index contributed by atoms with van der Waals surface area (Å²) < 4.78 is 40.3. The second-order valence-corrected chi connectivity index (χ2v) is 4.20. The number of fused-ring (bicyclic) bond motifs is 3. The summed E-state index contributed by atoms with van der Waals surface area (Å²) in [7, 11) is 0. The second kappa shape index (κ2) is 3.77. The van der Waals surface area contributed by atoms with E-state index in [1.807, 2.05) is 24.3 Å². The van der Waals surface area contributed by atoms with Gasteiger partial charge in [0.1, 0.15) is 5.75 Å². The Hall–Kier alpha value is -1.97. The molecule has 0 unspecified atom stereocenters. The summed E-state index contributed by atoms with van der Waals surface area (Å²) in [4.78, 5) is 0. The zero-order valence-electron chi connectivity index (χ0n) is 9.29. The third kappa shape index (κ3) is 1.94. The highest BCUT2D eigenvalue weighted by atomic mass is 19.4. The van der Waals surface area contributed by atoms with Crippen LogP contribution in [0, 0.1) is 0 Å². The minimum Gasteiger partial charge on any atom is -0.406 e. The highest BCUT2D eigenvalue weighted by molar-refractivity contribution is 5.77. The lowest BCUT2D eigenvalue weighted by Crippen LogP contribution is -2.17. The van der Waals surface area contributed by atoms with Gasteiger partial charge in [0.2, 0.25) is 0 Å². The third-order valence-corrected chi connectivity index (χ3v) is 3.00. The quantitative estimate of drug-likeness (QED) is 0.630. The summed E-state index contributed by atoms with van der Waals surface area (Å²) in [6.07, 6.45) is -3.99. The molecule has 0 fully saturated rings. The van der Waals surface area contributed by atoms with Crippen LogP contribution < -0.4 is 4.74 Å². The molecule has 3 rings (SSSR count). The van der Waals surface area contributed by atoms with Gasteiger partial charge < -0.3 is 4.74 Å². The Balaban J connectivity index is 1.98. The Labute approximate surface area is 102 Å². The molecule has 2 aromatic carbocycles. The normalized spacial score (nSPS) is 13.1. The fraction of sp³-hybridized carbons (Fsp3) is 0.143. The molecule has 0 bridgehead atoms. The number of benzene rings is 2. The Kier molecular flexibility index (Phi) is 2.33. The van der Waals surface area contributed by atoms with Crippen molar-refractivity contribution in [1.82, 2.24) is 0 Å². The number of halogens is 3. The van der Waals surface area contributed by atoms with Crippen molar-refractivity contribution in [3.8, 4) is 16.9 Å². The molecular formula is C14H9F3O. The first-order chi connectivity index (χ1) is 8.53. The molecule has 0 saturated heterocycles. The maximum absolute atomic E-state index is 12.1. The van der Waals surface area contributed by atoms with Gasteiger partial charge in [0.05, 0.1) is 0 Å². The van der Waals surface area contributed by atoms with E-state index in [-0.39, 0.29) is 5.75 Å². The topological polar surface area (TPSA) is 9.23 Å². The minimum absolute atomic E-state index is 0.158. The van der Waals surface area contributed by atoms with Crippen LogP contribution in [0.1, 0.15) is 11.1 Å². The van der Waals surface area contributed by atoms with Gasteiger partial charge in [-0.2, -0.15) is 0 Å². The summed E-state index contributed by atoms with van der Waals surface area (Å²) in [6.45, 7) is 0. The van der Waals surface area contributed by atoms with Crippen LogP contribution in [0.2, 0.25) is 0 Å². The van der Waals surface area contributed by atoms with Gasteiger partial charge in [0.15, 0.2) is 0 Å². The van der Waals surface area contributed by atoms with Crippen molar-refractivity contribution >= 4 is 0 Å². The van der Waals surface area contributed by atoms with Gasteiger partial charge in [0.25, 0.3) is 0 Å². The van der Waals surface area contributed by atoms with Crippen LogP contribution in [0.25, 0.3) is 11.1 Å². The van der Waals surface area contributed by atoms with E-state index in [9.17, 15) is 13.2 Å². The molecule has 0 heterocycles. The van der Waals surface area contributed by atoms with Gasteiger partial charge in [0, 0.05) is 0 Å². The lowest BCUT2D eigenvalue weighted by Gasteiger charge is -2.10. The number of rotatable bonds is 1. The van der Waals surface area contributed by atoms with Gasteiger partial charge in [-0.15, -0.1) is 13.2 Å². The highest BCUT2D eigenvalue weighted by Crippen LogP contribution is 2.38. The molecule has 0 amide bonds. The van der Waals surface area contributed by atoms with Crippen molar-refractivity contribution in [2.45, 2.75) is 12.8 Å². The average molecular weight is 250 g/mol. The van der Waals surface area contributed by atoms with Crippen LogP contribution >= 0.6 is 0 Å². The van der Waals surface area contributed by atoms with E-state index in [0.29, 0.717) is 6.42 Å². The Morgan fingerprint density at radius 2 is 1.61 bits per heavy atom. The standard InChI is InChI=1S/C14H9F3O/c15-14(16,17)18-11-5-6-13-10(8-11)7-9-3-1-2-4-12(9)13/h1-6,8H,7H2. The molecule has 0 spiro atoms. The molecular weight excluding hydrogens is 241 g/mol. The van der Waals surface area contributed by atoms with Crippen molar-refractivity contribution in [2.24, 2.45) is 0 Å². The fourth-order valence-electron chi connectivity index (χ4n) is 2.32. The van der Waals surface area contributed by atoms with Crippen molar-refractivity contribution in [2.75, 3.05) is 0 Å². The summed E-state index contributed by atoms with van der Waals surface area (Å²) in [5, 5.41) is 0. The van der Waals surface area contributed by atoms with Crippen LogP contribution in [0.4, 0.5) is 13.2 Å².